The highest BCUT2D eigenvalue weighted by atomic mass is 35.5. The summed E-state index contributed by atoms with van der Waals surface area (Å²) in [4.78, 5) is 13.4. The number of alkyl halides is 1. The Bertz CT molecular complexity index is 598. The molecule has 0 radical (unpaired) electrons. The van der Waals surface area contributed by atoms with Crippen molar-refractivity contribution in [3.8, 4) is 0 Å². The molecule has 1 heterocycles. The van der Waals surface area contributed by atoms with Crippen LogP contribution in [0.1, 0.15) is 6.42 Å². The third-order valence-corrected chi connectivity index (χ3v) is 5.45. The highest BCUT2D eigenvalue weighted by molar-refractivity contribution is 7.89. The van der Waals surface area contributed by atoms with E-state index in [0.717, 1.165) is 12.1 Å². The van der Waals surface area contributed by atoms with Gasteiger partial charge in [-0.1, -0.05) is 0 Å². The molecule has 1 aliphatic rings. The van der Waals surface area contributed by atoms with Crippen molar-refractivity contribution in [2.75, 3.05) is 32.1 Å². The maximum atomic E-state index is 12.9. The molecule has 1 aromatic carbocycles. The fourth-order valence-electron chi connectivity index (χ4n) is 2.17. The molecule has 0 atom stereocenters. The number of hydrogen-bond donors (Lipinski definition) is 0. The van der Waals surface area contributed by atoms with Crippen molar-refractivity contribution in [2.24, 2.45) is 0 Å². The van der Waals surface area contributed by atoms with Gasteiger partial charge >= 0.3 is 0 Å². The quantitative estimate of drug-likeness (QED) is 0.780. The lowest BCUT2D eigenvalue weighted by Gasteiger charge is -2.34. The van der Waals surface area contributed by atoms with Crippen molar-refractivity contribution in [1.82, 2.24) is 9.21 Å². The summed E-state index contributed by atoms with van der Waals surface area (Å²) in [5.74, 6) is -0.290. The molecule has 1 amide bonds. The zero-order valence-corrected chi connectivity index (χ0v) is 12.9. The minimum absolute atomic E-state index is 0.0597. The van der Waals surface area contributed by atoms with Gasteiger partial charge in [-0.2, -0.15) is 4.31 Å². The van der Waals surface area contributed by atoms with Gasteiger partial charge in [0, 0.05) is 38.5 Å². The van der Waals surface area contributed by atoms with E-state index in [0.29, 0.717) is 13.1 Å². The molecule has 0 saturated carbocycles. The van der Waals surface area contributed by atoms with Gasteiger partial charge in [0.05, 0.1) is 4.90 Å². The predicted molar refractivity (Wildman–Crippen MR) is 77.1 cm³/mol. The molecular weight excluding hydrogens is 319 g/mol. The summed E-state index contributed by atoms with van der Waals surface area (Å²) in [7, 11) is -3.64. The first-order chi connectivity index (χ1) is 9.95. The topological polar surface area (TPSA) is 57.7 Å². The van der Waals surface area contributed by atoms with E-state index in [4.69, 9.17) is 11.6 Å². The number of sulfonamides is 1. The Labute approximate surface area is 128 Å². The zero-order chi connectivity index (χ0) is 15.5. The van der Waals surface area contributed by atoms with Gasteiger partial charge in [0.1, 0.15) is 5.82 Å². The smallest absolute Gasteiger partial charge is 0.243 e. The normalized spacial score (nSPS) is 17.0. The van der Waals surface area contributed by atoms with Crippen LogP contribution in [0, 0.1) is 5.82 Å². The van der Waals surface area contributed by atoms with Crippen LogP contribution in [0.15, 0.2) is 29.2 Å². The van der Waals surface area contributed by atoms with Gasteiger partial charge in [0.25, 0.3) is 0 Å². The van der Waals surface area contributed by atoms with E-state index in [2.05, 4.69) is 0 Å². The highest BCUT2D eigenvalue weighted by Gasteiger charge is 2.29. The van der Waals surface area contributed by atoms with E-state index in [1.165, 1.54) is 16.4 Å². The molecular formula is C13H16ClFN2O3S. The van der Waals surface area contributed by atoms with Crippen molar-refractivity contribution in [3.63, 3.8) is 0 Å². The largest absolute Gasteiger partial charge is 0.340 e. The molecule has 1 aromatic rings. The van der Waals surface area contributed by atoms with E-state index in [9.17, 15) is 17.6 Å². The molecule has 0 aromatic heterocycles. The number of carbonyl (C=O) groups is 1. The lowest BCUT2D eigenvalue weighted by atomic mass is 10.3. The number of halogens is 2. The number of rotatable bonds is 4. The van der Waals surface area contributed by atoms with E-state index < -0.39 is 15.8 Å². The predicted octanol–water partition coefficient (Wildman–Crippen LogP) is 1.29. The number of piperazine rings is 1. The Morgan fingerprint density at radius 2 is 1.71 bits per heavy atom. The first kappa shape index (κ1) is 16.2. The monoisotopic (exact) mass is 334 g/mol. The summed E-state index contributed by atoms with van der Waals surface area (Å²) in [6, 6.07) is 4.73. The molecule has 0 aliphatic carbocycles. The van der Waals surface area contributed by atoms with Gasteiger partial charge in [-0.15, -0.1) is 11.6 Å². The molecule has 0 N–H and O–H groups in total. The zero-order valence-electron chi connectivity index (χ0n) is 11.3. The van der Waals surface area contributed by atoms with Crippen LogP contribution < -0.4 is 0 Å². The van der Waals surface area contributed by atoms with Crippen LogP contribution >= 0.6 is 11.6 Å². The second kappa shape index (κ2) is 6.72. The van der Waals surface area contributed by atoms with Gasteiger partial charge in [0.2, 0.25) is 15.9 Å². The van der Waals surface area contributed by atoms with E-state index in [1.807, 2.05) is 0 Å². The average Bonchev–Trinajstić information content (AvgIpc) is 2.48. The molecule has 1 fully saturated rings. The molecule has 0 spiro atoms. The minimum atomic E-state index is -3.64. The number of carbonyl (C=O) groups excluding carboxylic acids is 1. The lowest BCUT2D eigenvalue weighted by Crippen LogP contribution is -2.50. The van der Waals surface area contributed by atoms with Crippen LogP contribution in [0.25, 0.3) is 0 Å². The van der Waals surface area contributed by atoms with E-state index in [1.54, 1.807) is 4.90 Å². The Morgan fingerprint density at radius 1 is 1.14 bits per heavy atom. The average molecular weight is 335 g/mol. The van der Waals surface area contributed by atoms with Gasteiger partial charge in [-0.3, -0.25) is 4.79 Å². The van der Waals surface area contributed by atoms with Crippen LogP contribution in [0.4, 0.5) is 4.39 Å². The van der Waals surface area contributed by atoms with Gasteiger partial charge < -0.3 is 4.90 Å². The summed E-state index contributed by atoms with van der Waals surface area (Å²) >= 11 is 5.53. The van der Waals surface area contributed by atoms with Crippen molar-refractivity contribution in [1.29, 1.82) is 0 Å². The number of amides is 1. The van der Waals surface area contributed by atoms with Crippen LogP contribution in [-0.4, -0.2) is 55.6 Å². The van der Waals surface area contributed by atoms with Gasteiger partial charge in [0.15, 0.2) is 0 Å². The van der Waals surface area contributed by atoms with Crippen molar-refractivity contribution in [2.45, 2.75) is 11.3 Å². The minimum Gasteiger partial charge on any atom is -0.340 e. The molecule has 116 valence electrons. The first-order valence-electron chi connectivity index (χ1n) is 6.54. The molecule has 1 saturated heterocycles. The summed E-state index contributed by atoms with van der Waals surface area (Å²) in [6.07, 6.45) is 0.256. The third kappa shape index (κ3) is 3.72. The molecule has 0 bridgehead atoms. The standard InChI is InChI=1S/C13H16ClFN2O3S/c14-6-5-13(18)16-7-9-17(10-8-16)21(19,20)12-3-1-11(15)2-4-12/h1-4H,5-10H2. The Balaban J connectivity index is 2.04. The van der Waals surface area contributed by atoms with Gasteiger partial charge in [-0.25, -0.2) is 12.8 Å². The molecule has 21 heavy (non-hydrogen) atoms. The van der Waals surface area contributed by atoms with E-state index >= 15 is 0 Å². The summed E-state index contributed by atoms with van der Waals surface area (Å²) in [6.45, 7) is 1.15. The molecule has 1 aliphatic heterocycles. The fraction of sp³-hybridized carbons (Fsp3) is 0.462. The molecule has 8 heteroatoms. The van der Waals surface area contributed by atoms with Crippen molar-refractivity contribution >= 4 is 27.5 Å². The lowest BCUT2D eigenvalue weighted by molar-refractivity contribution is -0.131. The van der Waals surface area contributed by atoms with Crippen LogP contribution in [0.5, 0.6) is 0 Å². The second-order valence-electron chi connectivity index (χ2n) is 4.68. The maximum absolute atomic E-state index is 12.9. The second-order valence-corrected chi connectivity index (χ2v) is 6.99. The van der Waals surface area contributed by atoms with Crippen LogP contribution in [0.3, 0.4) is 0 Å². The van der Waals surface area contributed by atoms with Gasteiger partial charge in [-0.05, 0) is 24.3 Å². The SMILES string of the molecule is O=C(CCCl)N1CCN(S(=O)(=O)c2ccc(F)cc2)CC1. The number of nitrogens with zero attached hydrogens (tertiary/aromatic N) is 2. The molecule has 0 unspecified atom stereocenters. The number of benzene rings is 1. The molecule has 2 rings (SSSR count). The van der Waals surface area contributed by atoms with Crippen molar-refractivity contribution < 1.29 is 17.6 Å². The van der Waals surface area contributed by atoms with Crippen LogP contribution in [-0.2, 0) is 14.8 Å². The Morgan fingerprint density at radius 3 is 2.24 bits per heavy atom. The van der Waals surface area contributed by atoms with E-state index in [-0.39, 0.29) is 36.2 Å². The maximum Gasteiger partial charge on any atom is 0.243 e. The summed E-state index contributed by atoms with van der Waals surface area (Å²) < 4.78 is 38.9. The first-order valence-corrected chi connectivity index (χ1v) is 8.52. The Hall–Kier alpha value is -1.18. The summed E-state index contributed by atoms with van der Waals surface area (Å²) in [5.41, 5.74) is 0. The third-order valence-electron chi connectivity index (χ3n) is 3.35. The summed E-state index contributed by atoms with van der Waals surface area (Å²) in [5, 5.41) is 0. The van der Waals surface area contributed by atoms with Crippen molar-refractivity contribution in [3.05, 3.63) is 30.1 Å². The fourth-order valence-corrected chi connectivity index (χ4v) is 3.76. The number of hydrogen-bond acceptors (Lipinski definition) is 3. The molecule has 5 nitrogen and oxygen atoms in total. The Kier molecular flexibility index (Phi) is 5.18. The highest BCUT2D eigenvalue weighted by Crippen LogP contribution is 2.18. The van der Waals surface area contributed by atoms with Crippen LogP contribution in [0.2, 0.25) is 0 Å².